The van der Waals surface area contributed by atoms with Crippen LogP contribution in [0.25, 0.3) is 0 Å². The van der Waals surface area contributed by atoms with Crippen molar-refractivity contribution < 1.29 is 65.5 Å². The van der Waals surface area contributed by atoms with Crippen LogP contribution in [0.3, 0.4) is 0 Å². The third kappa shape index (κ3) is 12.3. The second-order valence-electron chi connectivity index (χ2n) is 20.9. The van der Waals surface area contributed by atoms with Crippen molar-refractivity contribution in [3.63, 3.8) is 0 Å². The summed E-state index contributed by atoms with van der Waals surface area (Å²) in [5.74, 6) is -2.09. The molecule has 18 nitrogen and oxygen atoms in total. The van der Waals surface area contributed by atoms with Gasteiger partial charge in [-0.05, 0) is 145 Å². The molecule has 5 aromatic rings. The van der Waals surface area contributed by atoms with Gasteiger partial charge in [-0.15, -0.1) is 5.06 Å². The zero-order valence-electron chi connectivity index (χ0n) is 44.8. The normalized spacial score (nSPS) is 18.3. The van der Waals surface area contributed by atoms with E-state index in [-0.39, 0.29) is 62.5 Å². The number of imide groups is 1. The SMILES string of the molecule is CCCOCCOCCN(CCCC(=O)ON1C(=O)CCC1=O)c1cc(COc2cc3c(cc2C)C(=O)N2c4ccccc4C[C@H]2CC3)cc(COc2cc3c(cc2OC)C(=O)N2c4ccccc4C[C@H]2C(CS(=O)(=O)O)C3)c1. The zero-order chi connectivity index (χ0) is 55.4. The van der Waals surface area contributed by atoms with Crippen LogP contribution in [0.1, 0.15) is 105 Å². The standard InChI is InChI=1S/C60H66N4O14S/c1-4-21-74-23-24-75-22-20-61(19-9-14-58(67)78-64-56(65)17-18-57(64)66)47-27-39(35-76-53-32-41-15-16-46-30-42-10-5-7-12-50(42)62(46)59(68)48(41)25-38(53)2)26-40(28-47)36-77-55-33-44-29-45(37-79(70,71)72)52-31-43-11-6-8-13-51(43)63(52)60(69)49(44)34-54(55)73-3/h5-8,10-13,25-28,32-34,45-46,52H,4,9,14-24,29-31,35-37H2,1-3H3,(H,70,71,72)/t45?,46-,52+/m1/s1. The van der Waals surface area contributed by atoms with Crippen LogP contribution in [0.2, 0.25) is 0 Å². The number of hydrogen-bond acceptors (Lipinski definition) is 14. The molecule has 79 heavy (non-hydrogen) atoms. The maximum Gasteiger partial charge on any atom is 0.333 e. The molecule has 0 spiro atoms. The Bertz CT molecular complexity index is 3260. The van der Waals surface area contributed by atoms with Crippen molar-refractivity contribution in [3.05, 3.63) is 141 Å². The number of amides is 4. The summed E-state index contributed by atoms with van der Waals surface area (Å²) in [6.07, 6.45) is 3.99. The van der Waals surface area contributed by atoms with Crippen LogP contribution in [0.4, 0.5) is 17.1 Å². The predicted octanol–water partition coefficient (Wildman–Crippen LogP) is 7.95. The molecule has 5 heterocycles. The molecule has 19 heteroatoms. The summed E-state index contributed by atoms with van der Waals surface area (Å²) in [6, 6.07) is 28.3. The van der Waals surface area contributed by atoms with Crippen molar-refractivity contribution >= 4 is 56.8 Å². The first kappa shape index (κ1) is 55.0. The molecule has 4 amide bonds. The van der Waals surface area contributed by atoms with E-state index in [1.165, 1.54) is 12.7 Å². The first-order valence-corrected chi connectivity index (χ1v) is 28.7. The highest BCUT2D eigenvalue weighted by atomic mass is 32.2. The van der Waals surface area contributed by atoms with Gasteiger partial charge in [-0.2, -0.15) is 8.42 Å². The van der Waals surface area contributed by atoms with Gasteiger partial charge in [-0.1, -0.05) is 43.3 Å². The maximum atomic E-state index is 14.5. The molecule has 1 fully saturated rings. The molecule has 416 valence electrons. The molecule has 10 rings (SSSR count). The quantitative estimate of drug-likeness (QED) is 0.0374. The summed E-state index contributed by atoms with van der Waals surface area (Å²) in [5.41, 5.74) is 9.29. The van der Waals surface area contributed by atoms with Crippen molar-refractivity contribution in [1.82, 2.24) is 5.06 Å². The third-order valence-corrected chi connectivity index (χ3v) is 16.2. The smallest absolute Gasteiger partial charge is 0.333 e. The number of carbonyl (C=O) groups excluding carboxylic acids is 5. The molecule has 0 saturated carbocycles. The molecule has 0 aromatic heterocycles. The van der Waals surface area contributed by atoms with Crippen molar-refractivity contribution in [2.24, 2.45) is 5.92 Å². The fourth-order valence-corrected chi connectivity index (χ4v) is 12.5. The molecule has 1 N–H and O–H groups in total. The van der Waals surface area contributed by atoms with Gasteiger partial charge in [0, 0.05) is 85.1 Å². The fourth-order valence-electron chi connectivity index (χ4n) is 11.6. The predicted molar refractivity (Wildman–Crippen MR) is 293 cm³/mol. The lowest BCUT2D eigenvalue weighted by Crippen LogP contribution is -2.43. The number of aryl methyl sites for hydroxylation is 2. The molecule has 0 bridgehead atoms. The third-order valence-electron chi connectivity index (χ3n) is 15.4. The molecule has 5 aliphatic rings. The molecule has 5 aromatic carbocycles. The van der Waals surface area contributed by atoms with Gasteiger partial charge in [0.15, 0.2) is 11.5 Å². The number of ether oxygens (including phenoxy) is 5. The second-order valence-corrected chi connectivity index (χ2v) is 22.4. The monoisotopic (exact) mass is 1100 g/mol. The van der Waals surface area contributed by atoms with Crippen molar-refractivity contribution in [1.29, 1.82) is 0 Å². The minimum Gasteiger partial charge on any atom is -0.493 e. The second kappa shape index (κ2) is 24.0. The van der Waals surface area contributed by atoms with E-state index in [2.05, 4.69) is 11.0 Å². The molecule has 5 aliphatic heterocycles. The lowest BCUT2D eigenvalue weighted by atomic mass is 9.91. The number of benzene rings is 5. The Hall–Kier alpha value is -7.32. The van der Waals surface area contributed by atoms with E-state index in [1.807, 2.05) is 91.5 Å². The lowest BCUT2D eigenvalue weighted by Gasteiger charge is -2.28. The van der Waals surface area contributed by atoms with Crippen LogP contribution >= 0.6 is 0 Å². The van der Waals surface area contributed by atoms with E-state index in [0.717, 1.165) is 58.5 Å². The summed E-state index contributed by atoms with van der Waals surface area (Å²) in [6.45, 7) is 6.58. The molecule has 0 aliphatic carbocycles. The molecular weight excluding hydrogens is 1030 g/mol. The average molecular weight is 1100 g/mol. The summed E-state index contributed by atoms with van der Waals surface area (Å²) in [5, 5.41) is 0.549. The molecule has 3 atom stereocenters. The number of nitrogens with zero attached hydrogens (tertiary/aromatic N) is 4. The Morgan fingerprint density at radius 1 is 0.684 bits per heavy atom. The van der Waals surface area contributed by atoms with E-state index in [9.17, 15) is 36.9 Å². The summed E-state index contributed by atoms with van der Waals surface area (Å²) < 4.78 is 66.0. The molecule has 1 saturated heterocycles. The largest absolute Gasteiger partial charge is 0.493 e. The van der Waals surface area contributed by atoms with E-state index in [4.69, 9.17) is 28.5 Å². The Morgan fingerprint density at radius 3 is 2.01 bits per heavy atom. The topological polar surface area (TPSA) is 208 Å². The first-order chi connectivity index (χ1) is 38.2. The molecule has 1 unspecified atom stereocenters. The van der Waals surface area contributed by atoms with Crippen LogP contribution in [-0.4, -0.2) is 112 Å². The van der Waals surface area contributed by atoms with Crippen LogP contribution in [0.5, 0.6) is 17.2 Å². The Kier molecular flexibility index (Phi) is 16.7. The summed E-state index contributed by atoms with van der Waals surface area (Å²) in [4.78, 5) is 77.1. The Balaban J connectivity index is 0.941. The number of para-hydroxylation sites is 2. The number of fused-ring (bicyclic) bond motifs is 8. The van der Waals surface area contributed by atoms with Gasteiger partial charge >= 0.3 is 5.97 Å². The Morgan fingerprint density at radius 2 is 1.32 bits per heavy atom. The van der Waals surface area contributed by atoms with Crippen molar-refractivity contribution in [2.75, 3.05) is 67.1 Å². The highest BCUT2D eigenvalue weighted by Crippen LogP contribution is 2.44. The zero-order valence-corrected chi connectivity index (χ0v) is 45.6. The number of rotatable bonds is 23. The fraction of sp³-hybridized carbons (Fsp3) is 0.417. The van der Waals surface area contributed by atoms with Crippen LogP contribution in [0, 0.1) is 12.8 Å². The lowest BCUT2D eigenvalue weighted by molar-refractivity contribution is -0.197. The Labute approximate surface area is 460 Å². The van der Waals surface area contributed by atoms with Gasteiger partial charge in [-0.25, -0.2) is 4.79 Å². The summed E-state index contributed by atoms with van der Waals surface area (Å²) >= 11 is 0. The number of hydroxylamine groups is 2. The van der Waals surface area contributed by atoms with E-state index in [0.29, 0.717) is 97.7 Å². The number of carbonyl (C=O) groups is 5. The van der Waals surface area contributed by atoms with Crippen molar-refractivity contribution in [2.45, 2.75) is 103 Å². The van der Waals surface area contributed by atoms with Gasteiger partial charge < -0.3 is 43.2 Å². The van der Waals surface area contributed by atoms with Gasteiger partial charge in [0.1, 0.15) is 19.0 Å². The number of methoxy groups -OCH3 is 1. The highest BCUT2D eigenvalue weighted by molar-refractivity contribution is 7.85. The van der Waals surface area contributed by atoms with Crippen molar-refractivity contribution in [3.8, 4) is 17.2 Å². The van der Waals surface area contributed by atoms with Gasteiger partial charge in [-0.3, -0.25) is 23.7 Å². The average Bonchev–Trinajstić information content (AvgIpc) is 4.31. The highest BCUT2D eigenvalue weighted by Gasteiger charge is 2.44. The van der Waals surface area contributed by atoms with Crippen LogP contribution < -0.4 is 28.9 Å². The number of hydrogen-bond donors (Lipinski definition) is 1. The van der Waals surface area contributed by atoms with E-state index < -0.39 is 45.6 Å². The van der Waals surface area contributed by atoms with Gasteiger partial charge in [0.25, 0.3) is 33.7 Å². The summed E-state index contributed by atoms with van der Waals surface area (Å²) in [7, 11) is -2.95. The van der Waals surface area contributed by atoms with Gasteiger partial charge in [0.05, 0.1) is 32.7 Å². The first-order valence-electron chi connectivity index (χ1n) is 27.1. The molecule has 0 radical (unpaired) electrons. The van der Waals surface area contributed by atoms with Gasteiger partial charge in [0.2, 0.25) is 0 Å². The number of anilines is 3. The van der Waals surface area contributed by atoms with Crippen LogP contribution in [-0.2, 0) is 77.7 Å². The minimum absolute atomic E-state index is 0.00457. The van der Waals surface area contributed by atoms with Crippen LogP contribution in [0.15, 0.2) is 91.0 Å². The van der Waals surface area contributed by atoms with E-state index in [1.54, 1.807) is 17.0 Å². The van der Waals surface area contributed by atoms with E-state index >= 15 is 0 Å². The minimum atomic E-state index is -4.43. The molecular formula is C60H66N4O14S. The maximum absolute atomic E-state index is 14.5.